The van der Waals surface area contributed by atoms with Gasteiger partial charge in [0.15, 0.2) is 6.10 Å². The summed E-state index contributed by atoms with van der Waals surface area (Å²) >= 11 is 1.15. The van der Waals surface area contributed by atoms with E-state index in [1.54, 1.807) is 31.2 Å². The van der Waals surface area contributed by atoms with Crippen LogP contribution in [0.2, 0.25) is 0 Å². The van der Waals surface area contributed by atoms with Crippen LogP contribution < -0.4 is 9.46 Å². The van der Waals surface area contributed by atoms with Crippen LogP contribution in [0, 0.1) is 6.92 Å². The fourth-order valence-corrected chi connectivity index (χ4v) is 5.60. The van der Waals surface area contributed by atoms with Crippen molar-refractivity contribution in [3.8, 4) is 5.75 Å². The third kappa shape index (κ3) is 8.32. The highest BCUT2D eigenvalue weighted by Crippen LogP contribution is 2.24. The first-order chi connectivity index (χ1) is 19.6. The van der Waals surface area contributed by atoms with Crippen molar-refractivity contribution in [2.45, 2.75) is 32.4 Å². The number of nitrogens with one attached hydrogen (secondary N) is 1. The average molecular weight is 592 g/mol. The van der Waals surface area contributed by atoms with Crippen LogP contribution in [0.1, 0.15) is 45.4 Å². The largest absolute Gasteiger partial charge is 0.497 e. The van der Waals surface area contributed by atoms with E-state index in [9.17, 15) is 23.1 Å². The SMILES string of the molecule is [2H]COc1ccc([C@@H](O)C(=O)N(CCCc2ccccc2)Cc2nc(C(=O)NS(=O)(=O)N(C)CCO)c(C)s2)cc1. The number of hydrogen-bond donors (Lipinski definition) is 3. The monoisotopic (exact) mass is 591 g/mol. The maximum absolute atomic E-state index is 13.5. The molecular formula is C27H34N4O7S2. The van der Waals surface area contributed by atoms with Crippen LogP contribution in [0.3, 0.4) is 0 Å². The first-order valence-corrected chi connectivity index (χ1v) is 14.7. The van der Waals surface area contributed by atoms with Crippen molar-refractivity contribution < 1.29 is 34.3 Å². The number of likely N-dealkylation sites (N-methyl/N-ethyl adjacent to an activating group) is 1. The minimum absolute atomic E-state index is 0.000667. The van der Waals surface area contributed by atoms with Gasteiger partial charge in [0.2, 0.25) is 0 Å². The fraction of sp³-hybridized carbons (Fsp3) is 0.370. The molecule has 3 rings (SSSR count). The number of rotatable bonds is 14. The van der Waals surface area contributed by atoms with E-state index in [0.29, 0.717) is 40.6 Å². The minimum atomic E-state index is -4.18. The molecule has 11 nitrogen and oxygen atoms in total. The van der Waals surface area contributed by atoms with E-state index in [1.807, 2.05) is 35.1 Å². The number of carbonyl (C=O) groups is 2. The van der Waals surface area contributed by atoms with E-state index < -0.39 is 34.7 Å². The van der Waals surface area contributed by atoms with Gasteiger partial charge in [-0.2, -0.15) is 12.7 Å². The quantitative estimate of drug-likeness (QED) is 0.258. The Balaban J connectivity index is 1.78. The highest BCUT2D eigenvalue weighted by atomic mass is 32.2. The molecular weight excluding hydrogens is 556 g/mol. The van der Waals surface area contributed by atoms with Gasteiger partial charge < -0.3 is 19.8 Å². The smallest absolute Gasteiger partial charge is 0.303 e. The van der Waals surface area contributed by atoms with Crippen molar-refractivity contribution in [2.75, 3.05) is 33.8 Å². The van der Waals surface area contributed by atoms with Crippen molar-refractivity contribution in [3.63, 3.8) is 0 Å². The molecule has 2 aromatic carbocycles. The Morgan fingerprint density at radius 2 is 1.85 bits per heavy atom. The molecule has 2 amide bonds. The van der Waals surface area contributed by atoms with Gasteiger partial charge >= 0.3 is 10.2 Å². The Kier molecular flexibility index (Phi) is 10.6. The van der Waals surface area contributed by atoms with Crippen LogP contribution in [0.15, 0.2) is 54.6 Å². The lowest BCUT2D eigenvalue weighted by Crippen LogP contribution is -2.42. The molecule has 3 aromatic rings. The maximum Gasteiger partial charge on any atom is 0.303 e. The number of carbonyl (C=O) groups excluding carboxylic acids is 2. The summed E-state index contributed by atoms with van der Waals surface area (Å²) in [7, 11) is -3.21. The van der Waals surface area contributed by atoms with Crippen molar-refractivity contribution in [1.29, 1.82) is 0 Å². The first kappa shape index (κ1) is 29.6. The van der Waals surface area contributed by atoms with Gasteiger partial charge in [-0.3, -0.25) is 9.59 Å². The summed E-state index contributed by atoms with van der Waals surface area (Å²) in [5.41, 5.74) is 1.36. The lowest BCUT2D eigenvalue weighted by molar-refractivity contribution is -0.141. The predicted octanol–water partition coefficient (Wildman–Crippen LogP) is 2.05. The van der Waals surface area contributed by atoms with Gasteiger partial charge in [0.25, 0.3) is 11.8 Å². The molecule has 216 valence electrons. The Bertz CT molecular complexity index is 1400. The van der Waals surface area contributed by atoms with Crippen LogP contribution in [-0.4, -0.2) is 78.5 Å². The predicted molar refractivity (Wildman–Crippen MR) is 151 cm³/mol. The third-order valence-electron chi connectivity index (χ3n) is 6.07. The number of aliphatic hydroxyl groups excluding tert-OH is 2. The van der Waals surface area contributed by atoms with E-state index in [-0.39, 0.29) is 25.9 Å². The topological polar surface area (TPSA) is 149 Å². The van der Waals surface area contributed by atoms with E-state index in [0.717, 1.165) is 21.2 Å². The Morgan fingerprint density at radius 1 is 1.15 bits per heavy atom. The number of ether oxygens (including phenoxy) is 1. The van der Waals surface area contributed by atoms with E-state index >= 15 is 0 Å². The molecule has 0 aliphatic heterocycles. The lowest BCUT2D eigenvalue weighted by Gasteiger charge is -2.25. The van der Waals surface area contributed by atoms with Crippen LogP contribution >= 0.6 is 11.3 Å². The molecule has 0 unspecified atom stereocenters. The highest BCUT2D eigenvalue weighted by Gasteiger charge is 2.27. The molecule has 0 spiro atoms. The number of aromatic nitrogens is 1. The third-order valence-corrected chi connectivity index (χ3v) is 8.48. The number of aryl methyl sites for hydroxylation is 2. The number of nitrogens with zero attached hydrogens (tertiary/aromatic N) is 3. The van der Waals surface area contributed by atoms with E-state index in [2.05, 4.69) is 4.98 Å². The molecule has 13 heteroatoms. The lowest BCUT2D eigenvalue weighted by atomic mass is 10.1. The zero-order valence-electron chi connectivity index (χ0n) is 23.3. The van der Waals surface area contributed by atoms with Crippen LogP contribution in [0.5, 0.6) is 5.75 Å². The number of benzene rings is 2. The summed E-state index contributed by atoms with van der Waals surface area (Å²) in [6.45, 7) is 1.32. The summed E-state index contributed by atoms with van der Waals surface area (Å²) in [5.74, 6) is -1.04. The Morgan fingerprint density at radius 3 is 2.50 bits per heavy atom. The molecule has 1 aromatic heterocycles. The number of aliphatic hydroxyl groups is 2. The molecule has 1 atom stereocenters. The number of methoxy groups -OCH3 is 1. The summed E-state index contributed by atoms with van der Waals surface area (Å²) < 4.78 is 39.7. The van der Waals surface area contributed by atoms with E-state index in [4.69, 9.17) is 11.2 Å². The maximum atomic E-state index is 13.5. The summed E-state index contributed by atoms with van der Waals surface area (Å²) in [6, 6.07) is 16.0. The van der Waals surface area contributed by atoms with E-state index in [1.165, 1.54) is 11.9 Å². The molecule has 0 fully saturated rings. The van der Waals surface area contributed by atoms with Crippen molar-refractivity contribution >= 4 is 33.4 Å². The Hall–Kier alpha value is -3.36. The summed E-state index contributed by atoms with van der Waals surface area (Å²) in [4.78, 5) is 32.4. The van der Waals surface area contributed by atoms with Gasteiger partial charge in [0, 0.05) is 25.0 Å². The number of hydrogen-bond acceptors (Lipinski definition) is 9. The number of thiazole rings is 1. The molecule has 0 aliphatic rings. The molecule has 40 heavy (non-hydrogen) atoms. The van der Waals surface area contributed by atoms with Crippen molar-refractivity contribution in [3.05, 3.63) is 81.3 Å². The second kappa shape index (κ2) is 14.3. The average Bonchev–Trinajstić information content (AvgIpc) is 3.32. The Labute approximate surface area is 239 Å². The molecule has 1 heterocycles. The van der Waals surface area contributed by atoms with Gasteiger partial charge in [0.1, 0.15) is 16.5 Å². The second-order valence-corrected chi connectivity index (χ2v) is 12.0. The van der Waals surface area contributed by atoms with Crippen LogP contribution in [-0.2, 0) is 28.0 Å². The highest BCUT2D eigenvalue weighted by molar-refractivity contribution is 7.87. The van der Waals surface area contributed by atoms with Gasteiger partial charge in [0.05, 0.1) is 21.6 Å². The van der Waals surface area contributed by atoms with Gasteiger partial charge in [-0.05, 0) is 43.0 Å². The summed E-state index contributed by atoms with van der Waals surface area (Å²) in [6.07, 6.45) is -0.164. The molecule has 0 saturated heterocycles. The molecule has 0 aliphatic carbocycles. The zero-order valence-corrected chi connectivity index (χ0v) is 24.0. The second-order valence-electron chi connectivity index (χ2n) is 8.96. The van der Waals surface area contributed by atoms with Crippen LogP contribution in [0.25, 0.3) is 0 Å². The van der Waals surface area contributed by atoms with Crippen molar-refractivity contribution in [2.24, 2.45) is 0 Å². The first-order valence-electron chi connectivity index (χ1n) is 13.1. The van der Waals surface area contributed by atoms with Gasteiger partial charge in [-0.15, -0.1) is 11.3 Å². The minimum Gasteiger partial charge on any atom is -0.497 e. The van der Waals surface area contributed by atoms with Crippen molar-refractivity contribution in [1.82, 2.24) is 18.9 Å². The molecule has 0 radical (unpaired) electrons. The molecule has 0 bridgehead atoms. The zero-order chi connectivity index (χ0) is 30.0. The standard InChI is InChI=1S/C27H34N4O7S2/c1-19-24(26(34)29-40(36,37)30(2)16-17-32)28-23(39-19)18-31(15-7-10-20-8-5-4-6-9-20)27(35)25(33)21-11-13-22(38-3)14-12-21/h4-6,8-9,11-14,25,32-33H,7,10,15-18H2,1-3H3,(H,29,34)/t25-/m1/s1/i3D. The number of amides is 2. The normalized spacial score (nSPS) is 12.6. The molecule has 0 saturated carbocycles. The van der Waals surface area contributed by atoms with Crippen LogP contribution in [0.4, 0.5) is 0 Å². The summed E-state index contributed by atoms with van der Waals surface area (Å²) in [5, 5.41) is 20.3. The molecule has 3 N–H and O–H groups in total. The van der Waals surface area contributed by atoms with Gasteiger partial charge in [-0.25, -0.2) is 9.71 Å². The van der Waals surface area contributed by atoms with Gasteiger partial charge in [-0.1, -0.05) is 42.5 Å². The fourth-order valence-electron chi connectivity index (χ4n) is 3.85.